The van der Waals surface area contributed by atoms with Crippen molar-refractivity contribution in [1.29, 1.82) is 0 Å². The molecule has 31 heavy (non-hydrogen) atoms. The summed E-state index contributed by atoms with van der Waals surface area (Å²) in [4.78, 5) is 15.9. The number of rotatable bonds is 10. The Balaban J connectivity index is 0.00000480. The zero-order chi connectivity index (χ0) is 21.8. The van der Waals surface area contributed by atoms with Gasteiger partial charge in [-0.2, -0.15) is 0 Å². The van der Waals surface area contributed by atoms with Crippen LogP contribution in [-0.2, 0) is 17.8 Å². The van der Waals surface area contributed by atoms with E-state index < -0.39 is 0 Å². The number of nitrogens with zero attached hydrogens (tertiary/aromatic N) is 1. The Kier molecular flexibility index (Phi) is 12.6. The number of carbonyl (C=O) groups is 1. The standard InChI is InChI=1S/C23H32N4O3.HI/c1-17-6-9-20(21(14-17)30-13-5-12-29-4)16-27-23(25-3)26-15-18-7-10-19(11-8-18)22(28)24-2;/h6-11,14H,5,12-13,15-16H2,1-4H3,(H,24,28)(H2,25,26,27);1H. The molecule has 2 aromatic rings. The molecule has 0 bridgehead atoms. The molecule has 3 N–H and O–H groups in total. The van der Waals surface area contributed by atoms with Crippen LogP contribution in [0.5, 0.6) is 5.75 Å². The molecule has 0 radical (unpaired) electrons. The van der Waals surface area contributed by atoms with Gasteiger partial charge in [0.05, 0.1) is 6.61 Å². The highest BCUT2D eigenvalue weighted by Crippen LogP contribution is 2.20. The quantitative estimate of drug-likeness (QED) is 0.187. The smallest absolute Gasteiger partial charge is 0.251 e. The maximum atomic E-state index is 11.6. The second-order valence-electron chi connectivity index (χ2n) is 6.86. The Labute approximate surface area is 202 Å². The van der Waals surface area contributed by atoms with Crippen LogP contribution < -0.4 is 20.7 Å². The molecule has 7 nitrogen and oxygen atoms in total. The van der Waals surface area contributed by atoms with Crippen LogP contribution in [-0.4, -0.2) is 46.3 Å². The summed E-state index contributed by atoms with van der Waals surface area (Å²) in [5.41, 5.74) is 3.92. The van der Waals surface area contributed by atoms with Crippen molar-refractivity contribution in [3.8, 4) is 5.75 Å². The van der Waals surface area contributed by atoms with E-state index >= 15 is 0 Å². The molecule has 1 amide bonds. The van der Waals surface area contributed by atoms with E-state index in [9.17, 15) is 4.79 Å². The van der Waals surface area contributed by atoms with Gasteiger partial charge in [0.15, 0.2) is 5.96 Å². The Bertz CT molecular complexity index is 841. The van der Waals surface area contributed by atoms with Gasteiger partial charge in [0.1, 0.15) is 5.75 Å². The molecule has 8 heteroatoms. The Morgan fingerprint density at radius 1 is 1.03 bits per heavy atom. The largest absolute Gasteiger partial charge is 0.493 e. The molecule has 0 aliphatic rings. The number of amides is 1. The highest BCUT2D eigenvalue weighted by molar-refractivity contribution is 14.0. The number of aliphatic imine (C=N–C) groups is 1. The lowest BCUT2D eigenvalue weighted by atomic mass is 10.1. The number of guanidine groups is 1. The maximum Gasteiger partial charge on any atom is 0.251 e. The number of hydrogen-bond donors (Lipinski definition) is 3. The number of halogens is 1. The van der Waals surface area contributed by atoms with Crippen molar-refractivity contribution in [1.82, 2.24) is 16.0 Å². The molecular formula is C23H33IN4O3. The molecule has 0 unspecified atom stereocenters. The first-order chi connectivity index (χ1) is 14.6. The molecule has 170 valence electrons. The number of aryl methyl sites for hydroxylation is 1. The Hall–Kier alpha value is -2.33. The number of hydrogen-bond acceptors (Lipinski definition) is 4. The monoisotopic (exact) mass is 540 g/mol. The Morgan fingerprint density at radius 2 is 1.74 bits per heavy atom. The van der Waals surface area contributed by atoms with Crippen molar-refractivity contribution in [3.63, 3.8) is 0 Å². The highest BCUT2D eigenvalue weighted by atomic mass is 127. The number of benzene rings is 2. The molecule has 0 spiro atoms. The van der Waals surface area contributed by atoms with E-state index in [1.54, 1.807) is 21.2 Å². The van der Waals surface area contributed by atoms with Gasteiger partial charge in [-0.15, -0.1) is 24.0 Å². The van der Waals surface area contributed by atoms with Gasteiger partial charge in [-0.05, 0) is 36.2 Å². The highest BCUT2D eigenvalue weighted by Gasteiger charge is 2.07. The van der Waals surface area contributed by atoms with E-state index in [4.69, 9.17) is 9.47 Å². The van der Waals surface area contributed by atoms with Crippen molar-refractivity contribution >= 4 is 35.8 Å². The SMILES string of the molecule is CN=C(NCc1ccc(C(=O)NC)cc1)NCc1ccc(C)cc1OCCCOC.I. The lowest BCUT2D eigenvalue weighted by Gasteiger charge is -2.15. The van der Waals surface area contributed by atoms with E-state index in [0.29, 0.717) is 37.8 Å². The third-order valence-corrected chi connectivity index (χ3v) is 4.55. The fourth-order valence-electron chi connectivity index (χ4n) is 2.83. The summed E-state index contributed by atoms with van der Waals surface area (Å²) in [6, 6.07) is 13.7. The molecule has 0 heterocycles. The molecule has 0 saturated carbocycles. The maximum absolute atomic E-state index is 11.6. The number of carbonyl (C=O) groups excluding carboxylic acids is 1. The van der Waals surface area contributed by atoms with Crippen LogP contribution >= 0.6 is 24.0 Å². The topological polar surface area (TPSA) is 84.0 Å². The molecule has 0 atom stereocenters. The molecule has 0 fully saturated rings. The second kappa shape index (κ2) is 14.6. The first-order valence-electron chi connectivity index (χ1n) is 10.0. The van der Waals surface area contributed by atoms with Crippen LogP contribution in [0, 0.1) is 6.92 Å². The summed E-state index contributed by atoms with van der Waals surface area (Å²) in [6.45, 7) is 4.54. The van der Waals surface area contributed by atoms with E-state index in [1.165, 1.54) is 0 Å². The van der Waals surface area contributed by atoms with Gasteiger partial charge in [-0.25, -0.2) is 0 Å². The Morgan fingerprint density at radius 3 is 2.39 bits per heavy atom. The summed E-state index contributed by atoms with van der Waals surface area (Å²) in [5.74, 6) is 1.47. The fraction of sp³-hybridized carbons (Fsp3) is 0.391. The molecular weight excluding hydrogens is 507 g/mol. The molecule has 0 saturated heterocycles. The first-order valence-corrected chi connectivity index (χ1v) is 10.0. The molecule has 0 aliphatic heterocycles. The van der Waals surface area contributed by atoms with Gasteiger partial charge in [0.2, 0.25) is 0 Å². The fourth-order valence-corrected chi connectivity index (χ4v) is 2.83. The predicted molar refractivity (Wildman–Crippen MR) is 135 cm³/mol. The van der Waals surface area contributed by atoms with Gasteiger partial charge >= 0.3 is 0 Å². The summed E-state index contributed by atoms with van der Waals surface area (Å²) in [7, 11) is 5.05. The molecule has 2 aromatic carbocycles. The minimum absolute atomic E-state index is 0. The van der Waals surface area contributed by atoms with Crippen molar-refractivity contribution in [2.24, 2.45) is 4.99 Å². The van der Waals surface area contributed by atoms with Crippen molar-refractivity contribution < 1.29 is 14.3 Å². The third-order valence-electron chi connectivity index (χ3n) is 4.55. The summed E-state index contributed by atoms with van der Waals surface area (Å²) >= 11 is 0. The average molecular weight is 540 g/mol. The predicted octanol–water partition coefficient (Wildman–Crippen LogP) is 3.25. The summed E-state index contributed by atoms with van der Waals surface area (Å²) in [5, 5.41) is 9.24. The first kappa shape index (κ1) is 26.7. The summed E-state index contributed by atoms with van der Waals surface area (Å²) in [6.07, 6.45) is 0.846. The van der Waals surface area contributed by atoms with Crippen LogP contribution in [0.25, 0.3) is 0 Å². The second-order valence-corrected chi connectivity index (χ2v) is 6.86. The van der Waals surface area contributed by atoms with Crippen LogP contribution in [0.1, 0.15) is 33.5 Å². The van der Waals surface area contributed by atoms with E-state index in [2.05, 4.69) is 40.0 Å². The lowest BCUT2D eigenvalue weighted by molar-refractivity contribution is 0.0963. The van der Waals surface area contributed by atoms with Gasteiger partial charge in [0, 0.05) is 58.4 Å². The molecule has 0 aromatic heterocycles. The minimum atomic E-state index is -0.0923. The van der Waals surface area contributed by atoms with Crippen LogP contribution in [0.15, 0.2) is 47.5 Å². The van der Waals surface area contributed by atoms with Gasteiger partial charge in [-0.3, -0.25) is 9.79 Å². The zero-order valence-corrected chi connectivity index (χ0v) is 21.0. The lowest BCUT2D eigenvalue weighted by Crippen LogP contribution is -2.36. The van der Waals surface area contributed by atoms with E-state index in [0.717, 1.165) is 28.9 Å². The van der Waals surface area contributed by atoms with Crippen molar-refractivity contribution in [3.05, 3.63) is 64.7 Å². The van der Waals surface area contributed by atoms with Crippen molar-refractivity contribution in [2.75, 3.05) is 34.4 Å². The van der Waals surface area contributed by atoms with E-state index in [1.807, 2.05) is 30.3 Å². The van der Waals surface area contributed by atoms with Gasteiger partial charge < -0.3 is 25.4 Å². The number of ether oxygens (including phenoxy) is 2. The normalized spacial score (nSPS) is 10.8. The molecule has 2 rings (SSSR count). The van der Waals surface area contributed by atoms with Crippen LogP contribution in [0.2, 0.25) is 0 Å². The summed E-state index contributed by atoms with van der Waals surface area (Å²) < 4.78 is 11.0. The third kappa shape index (κ3) is 9.14. The molecule has 0 aliphatic carbocycles. The van der Waals surface area contributed by atoms with Gasteiger partial charge in [0.25, 0.3) is 5.91 Å². The van der Waals surface area contributed by atoms with Crippen LogP contribution in [0.4, 0.5) is 0 Å². The van der Waals surface area contributed by atoms with E-state index in [-0.39, 0.29) is 29.9 Å². The van der Waals surface area contributed by atoms with Gasteiger partial charge in [-0.1, -0.05) is 24.3 Å². The zero-order valence-electron chi connectivity index (χ0n) is 18.7. The van der Waals surface area contributed by atoms with Crippen molar-refractivity contribution in [2.45, 2.75) is 26.4 Å². The minimum Gasteiger partial charge on any atom is -0.493 e. The number of nitrogens with one attached hydrogen (secondary N) is 3. The number of methoxy groups -OCH3 is 1. The van der Waals surface area contributed by atoms with Crippen LogP contribution in [0.3, 0.4) is 0 Å². The average Bonchev–Trinajstić information content (AvgIpc) is 2.77.